The molecule has 178 valence electrons. The number of rotatable bonds is 8. The highest BCUT2D eigenvalue weighted by molar-refractivity contribution is 6.00. The van der Waals surface area contributed by atoms with Crippen LogP contribution < -0.4 is 5.32 Å². The second-order valence-corrected chi connectivity index (χ2v) is 9.56. The van der Waals surface area contributed by atoms with E-state index in [0.29, 0.717) is 5.69 Å². The van der Waals surface area contributed by atoms with Gasteiger partial charge in [-0.2, -0.15) is 0 Å². The lowest BCUT2D eigenvalue weighted by Crippen LogP contribution is -2.56. The van der Waals surface area contributed by atoms with Crippen molar-refractivity contribution in [2.24, 2.45) is 0 Å². The van der Waals surface area contributed by atoms with Gasteiger partial charge < -0.3 is 20.3 Å². The SMILES string of the molecule is O=C(O)CC[C@@H](NC(=O)c1cc2ccccc2[nH]1)C(=O)N(C1CCCCC1)C1CCCCC1. The molecule has 2 aromatic rings. The molecule has 2 saturated carbocycles. The first-order valence-electron chi connectivity index (χ1n) is 12.5. The first-order chi connectivity index (χ1) is 16.0. The third-order valence-corrected chi connectivity index (χ3v) is 7.22. The van der Waals surface area contributed by atoms with Crippen LogP contribution >= 0.6 is 0 Å². The Morgan fingerprint density at radius 2 is 1.58 bits per heavy atom. The molecule has 0 spiro atoms. The van der Waals surface area contributed by atoms with Gasteiger partial charge in [0.2, 0.25) is 5.91 Å². The average molecular weight is 454 g/mol. The molecule has 7 nitrogen and oxygen atoms in total. The summed E-state index contributed by atoms with van der Waals surface area (Å²) < 4.78 is 0. The van der Waals surface area contributed by atoms with Crippen molar-refractivity contribution in [3.05, 3.63) is 36.0 Å². The second kappa shape index (κ2) is 10.9. The van der Waals surface area contributed by atoms with E-state index in [4.69, 9.17) is 0 Å². The zero-order valence-corrected chi connectivity index (χ0v) is 19.2. The van der Waals surface area contributed by atoms with Crippen LogP contribution in [0.2, 0.25) is 0 Å². The molecule has 33 heavy (non-hydrogen) atoms. The normalized spacial score (nSPS) is 18.7. The Balaban J connectivity index is 1.56. The Morgan fingerprint density at radius 3 is 2.15 bits per heavy atom. The molecule has 2 aliphatic carbocycles. The summed E-state index contributed by atoms with van der Waals surface area (Å²) in [5.74, 6) is -1.45. The van der Waals surface area contributed by atoms with Crippen molar-refractivity contribution < 1.29 is 19.5 Å². The van der Waals surface area contributed by atoms with Crippen LogP contribution in [0.1, 0.15) is 87.5 Å². The fraction of sp³-hybridized carbons (Fsp3) is 0.577. The predicted molar refractivity (Wildman–Crippen MR) is 127 cm³/mol. The highest BCUT2D eigenvalue weighted by Gasteiger charge is 2.36. The number of hydrogen-bond donors (Lipinski definition) is 3. The largest absolute Gasteiger partial charge is 0.481 e. The first-order valence-corrected chi connectivity index (χ1v) is 12.5. The standard InChI is InChI=1S/C26H35N3O4/c30-24(31)16-15-22(28-25(32)23-17-18-9-7-8-14-21(18)27-23)26(33)29(19-10-3-1-4-11-19)20-12-5-2-6-13-20/h7-9,14,17,19-20,22,27H,1-6,10-13,15-16H2,(H,28,32)(H,30,31)/t22-/m1/s1. The van der Waals surface area contributed by atoms with Crippen LogP contribution in [0.4, 0.5) is 0 Å². The minimum Gasteiger partial charge on any atom is -0.481 e. The van der Waals surface area contributed by atoms with Gasteiger partial charge in [0, 0.05) is 29.4 Å². The summed E-state index contributed by atoms with van der Waals surface area (Å²) in [7, 11) is 0. The predicted octanol–water partition coefficient (Wildman–Crippen LogP) is 4.63. The molecule has 4 rings (SSSR count). The number of hydrogen-bond acceptors (Lipinski definition) is 3. The average Bonchev–Trinajstić information content (AvgIpc) is 3.27. The Kier molecular flexibility index (Phi) is 7.68. The number of nitrogens with one attached hydrogen (secondary N) is 2. The summed E-state index contributed by atoms with van der Waals surface area (Å²) in [5.41, 5.74) is 1.23. The van der Waals surface area contributed by atoms with Gasteiger partial charge in [0.25, 0.3) is 5.91 Å². The number of fused-ring (bicyclic) bond motifs is 1. The molecule has 7 heteroatoms. The van der Waals surface area contributed by atoms with Gasteiger partial charge in [-0.15, -0.1) is 0 Å². The minimum atomic E-state index is -0.963. The topological polar surface area (TPSA) is 102 Å². The van der Waals surface area contributed by atoms with Gasteiger partial charge in [0.15, 0.2) is 0 Å². The summed E-state index contributed by atoms with van der Waals surface area (Å²) in [6.07, 6.45) is 10.7. The number of carboxylic acids is 1. The summed E-state index contributed by atoms with van der Waals surface area (Å²) in [6, 6.07) is 8.91. The minimum absolute atomic E-state index is 0.0933. The van der Waals surface area contributed by atoms with Crippen molar-refractivity contribution in [1.29, 1.82) is 0 Å². The number of carbonyl (C=O) groups excluding carboxylic acids is 2. The van der Waals surface area contributed by atoms with E-state index in [1.54, 1.807) is 6.07 Å². The lowest BCUT2D eigenvalue weighted by Gasteiger charge is -2.43. The smallest absolute Gasteiger partial charge is 0.303 e. The van der Waals surface area contributed by atoms with E-state index >= 15 is 0 Å². The lowest BCUT2D eigenvalue weighted by atomic mass is 9.88. The molecule has 1 heterocycles. The van der Waals surface area contributed by atoms with E-state index in [1.807, 2.05) is 24.3 Å². The Labute approximate surface area is 194 Å². The van der Waals surface area contributed by atoms with Crippen molar-refractivity contribution in [3.63, 3.8) is 0 Å². The van der Waals surface area contributed by atoms with Crippen molar-refractivity contribution in [2.45, 2.75) is 95.2 Å². The van der Waals surface area contributed by atoms with Crippen LogP contribution in [0.5, 0.6) is 0 Å². The number of nitrogens with zero attached hydrogens (tertiary/aromatic N) is 1. The van der Waals surface area contributed by atoms with Crippen molar-refractivity contribution in [1.82, 2.24) is 15.2 Å². The van der Waals surface area contributed by atoms with Crippen LogP contribution in [0, 0.1) is 0 Å². The fourth-order valence-electron chi connectivity index (χ4n) is 5.51. The maximum atomic E-state index is 13.9. The van der Waals surface area contributed by atoms with E-state index in [-0.39, 0.29) is 36.7 Å². The third-order valence-electron chi connectivity index (χ3n) is 7.22. The molecule has 0 aliphatic heterocycles. The molecule has 2 amide bonds. The lowest BCUT2D eigenvalue weighted by molar-refractivity contribution is -0.141. The molecular weight excluding hydrogens is 418 g/mol. The van der Waals surface area contributed by atoms with Gasteiger partial charge in [-0.25, -0.2) is 0 Å². The number of aromatic nitrogens is 1. The van der Waals surface area contributed by atoms with Gasteiger partial charge >= 0.3 is 5.97 Å². The highest BCUT2D eigenvalue weighted by Crippen LogP contribution is 2.31. The molecule has 1 aromatic carbocycles. The molecule has 2 fully saturated rings. The van der Waals surface area contributed by atoms with Crippen LogP contribution in [-0.4, -0.2) is 50.9 Å². The Morgan fingerprint density at radius 1 is 0.970 bits per heavy atom. The van der Waals surface area contributed by atoms with Crippen LogP contribution in [0.25, 0.3) is 10.9 Å². The first kappa shape index (κ1) is 23.3. The van der Waals surface area contributed by atoms with E-state index in [0.717, 1.165) is 62.3 Å². The van der Waals surface area contributed by atoms with E-state index in [2.05, 4.69) is 15.2 Å². The fourth-order valence-corrected chi connectivity index (χ4v) is 5.51. The molecule has 1 aromatic heterocycles. The maximum absolute atomic E-state index is 13.9. The molecule has 0 unspecified atom stereocenters. The molecular formula is C26H35N3O4. The van der Waals surface area contributed by atoms with E-state index in [9.17, 15) is 19.5 Å². The zero-order chi connectivity index (χ0) is 23.2. The number of para-hydroxylation sites is 1. The van der Waals surface area contributed by atoms with Crippen molar-refractivity contribution in [3.8, 4) is 0 Å². The number of amides is 2. The van der Waals surface area contributed by atoms with E-state index in [1.165, 1.54) is 12.8 Å². The number of aromatic amines is 1. The van der Waals surface area contributed by atoms with Crippen LogP contribution in [-0.2, 0) is 9.59 Å². The van der Waals surface area contributed by atoms with Gasteiger partial charge in [-0.3, -0.25) is 14.4 Å². The molecule has 2 aliphatic rings. The molecule has 0 bridgehead atoms. The van der Waals surface area contributed by atoms with Gasteiger partial charge in [-0.05, 0) is 44.2 Å². The van der Waals surface area contributed by atoms with Gasteiger partial charge in [0.1, 0.15) is 11.7 Å². The third kappa shape index (κ3) is 5.75. The van der Waals surface area contributed by atoms with Gasteiger partial charge in [0.05, 0.1) is 0 Å². The number of benzene rings is 1. The second-order valence-electron chi connectivity index (χ2n) is 9.56. The molecule has 1 atom stereocenters. The van der Waals surface area contributed by atoms with Crippen LogP contribution in [0.3, 0.4) is 0 Å². The van der Waals surface area contributed by atoms with E-state index < -0.39 is 12.0 Å². The summed E-state index contributed by atoms with van der Waals surface area (Å²) >= 11 is 0. The molecule has 0 radical (unpaired) electrons. The number of carboxylic acid groups (broad SMARTS) is 1. The quantitative estimate of drug-likeness (QED) is 0.542. The molecule has 0 saturated heterocycles. The Hall–Kier alpha value is -2.83. The van der Waals surface area contributed by atoms with Crippen molar-refractivity contribution in [2.75, 3.05) is 0 Å². The van der Waals surface area contributed by atoms with Crippen LogP contribution in [0.15, 0.2) is 30.3 Å². The number of carbonyl (C=O) groups is 3. The maximum Gasteiger partial charge on any atom is 0.303 e. The Bertz CT molecular complexity index is 922. The summed E-state index contributed by atoms with van der Waals surface area (Å²) in [4.78, 5) is 43.5. The number of H-pyrrole nitrogens is 1. The highest BCUT2D eigenvalue weighted by atomic mass is 16.4. The summed E-state index contributed by atoms with van der Waals surface area (Å²) in [5, 5.41) is 13.1. The number of aliphatic carboxylic acids is 1. The molecule has 3 N–H and O–H groups in total. The summed E-state index contributed by atoms with van der Waals surface area (Å²) in [6.45, 7) is 0. The van der Waals surface area contributed by atoms with Crippen molar-refractivity contribution >= 4 is 28.7 Å². The monoisotopic (exact) mass is 453 g/mol. The van der Waals surface area contributed by atoms with Gasteiger partial charge in [-0.1, -0.05) is 56.7 Å². The zero-order valence-electron chi connectivity index (χ0n) is 19.2.